The Bertz CT molecular complexity index is 1030. The Morgan fingerprint density at radius 2 is 1.90 bits per heavy atom. The van der Waals surface area contributed by atoms with Gasteiger partial charge in [-0.05, 0) is 36.1 Å². The number of nitrogens with one attached hydrogen (secondary N) is 2. The van der Waals surface area contributed by atoms with Gasteiger partial charge in [-0.2, -0.15) is 0 Å². The Kier molecular flexibility index (Phi) is 5.61. The fourth-order valence-corrected chi connectivity index (χ4v) is 3.43. The molecule has 2 N–H and O–H groups in total. The van der Waals surface area contributed by atoms with Crippen molar-refractivity contribution in [3.8, 4) is 5.75 Å². The Hall–Kier alpha value is -3.54. The first-order chi connectivity index (χ1) is 14.2. The third-order valence-corrected chi connectivity index (χ3v) is 4.85. The van der Waals surface area contributed by atoms with Crippen molar-refractivity contribution < 1.29 is 14.3 Å². The number of carbonyl (C=O) groups excluding carboxylic acids is 2. The molecule has 148 valence electrons. The van der Waals surface area contributed by atoms with Crippen LogP contribution in [0.5, 0.6) is 5.75 Å². The summed E-state index contributed by atoms with van der Waals surface area (Å²) in [6.45, 7) is 1.73. The van der Waals surface area contributed by atoms with Gasteiger partial charge in [0.15, 0.2) is 0 Å². The molecule has 0 spiro atoms. The van der Waals surface area contributed by atoms with Gasteiger partial charge in [-0.3, -0.25) is 9.69 Å². The van der Waals surface area contributed by atoms with Crippen LogP contribution in [0.4, 0.5) is 16.2 Å². The maximum Gasteiger partial charge on any atom is 0.321 e. The van der Waals surface area contributed by atoms with Gasteiger partial charge in [-0.1, -0.05) is 42.5 Å². The Morgan fingerprint density at radius 1 is 1.07 bits per heavy atom. The van der Waals surface area contributed by atoms with E-state index in [-0.39, 0.29) is 11.9 Å². The summed E-state index contributed by atoms with van der Waals surface area (Å²) in [5.41, 5.74) is 1.46. The lowest BCUT2D eigenvalue weighted by Crippen LogP contribution is -2.27. The molecule has 6 heteroatoms. The van der Waals surface area contributed by atoms with E-state index in [0.29, 0.717) is 38.2 Å². The topological polar surface area (TPSA) is 70.7 Å². The number of benzene rings is 3. The van der Waals surface area contributed by atoms with Crippen LogP contribution in [0.2, 0.25) is 0 Å². The Labute approximate surface area is 169 Å². The summed E-state index contributed by atoms with van der Waals surface area (Å²) in [7, 11) is 0. The van der Waals surface area contributed by atoms with Crippen molar-refractivity contribution in [3.63, 3.8) is 0 Å². The summed E-state index contributed by atoms with van der Waals surface area (Å²) in [5, 5.41) is 7.87. The molecular formula is C23H23N3O3. The molecule has 1 saturated heterocycles. The van der Waals surface area contributed by atoms with E-state index in [1.807, 2.05) is 54.6 Å². The molecule has 0 aliphatic carbocycles. The van der Waals surface area contributed by atoms with E-state index in [0.717, 1.165) is 22.2 Å². The largest absolute Gasteiger partial charge is 0.493 e. The highest BCUT2D eigenvalue weighted by atomic mass is 16.5. The van der Waals surface area contributed by atoms with Crippen molar-refractivity contribution in [2.75, 3.05) is 29.9 Å². The van der Waals surface area contributed by atoms with Gasteiger partial charge in [-0.25, -0.2) is 4.79 Å². The highest BCUT2D eigenvalue weighted by Gasteiger charge is 2.21. The molecule has 0 atom stereocenters. The number of amides is 3. The van der Waals surface area contributed by atoms with Crippen LogP contribution in [0, 0.1) is 0 Å². The minimum absolute atomic E-state index is 0.0745. The van der Waals surface area contributed by atoms with Crippen molar-refractivity contribution >= 4 is 34.1 Å². The van der Waals surface area contributed by atoms with E-state index in [1.165, 1.54) is 0 Å². The predicted octanol–water partition coefficient (Wildman–Crippen LogP) is 4.17. The zero-order valence-electron chi connectivity index (χ0n) is 16.1. The summed E-state index contributed by atoms with van der Waals surface area (Å²) in [5.74, 6) is 0.759. The molecule has 4 rings (SSSR count). The molecule has 3 aromatic carbocycles. The summed E-state index contributed by atoms with van der Waals surface area (Å²) in [4.78, 5) is 25.7. The number of ether oxygens (including phenoxy) is 1. The van der Waals surface area contributed by atoms with E-state index in [1.54, 1.807) is 4.90 Å². The number of carbonyl (C=O) groups is 2. The van der Waals surface area contributed by atoms with E-state index in [4.69, 9.17) is 4.74 Å². The first kappa shape index (κ1) is 18.8. The molecule has 0 saturated carbocycles. The number of hydrogen-bond acceptors (Lipinski definition) is 3. The molecule has 1 aliphatic rings. The fraction of sp³-hybridized carbons (Fsp3) is 0.217. The van der Waals surface area contributed by atoms with Crippen LogP contribution < -0.4 is 20.3 Å². The number of urea groups is 1. The van der Waals surface area contributed by atoms with Crippen LogP contribution in [0.1, 0.15) is 12.8 Å². The number of rotatable bonds is 7. The molecule has 1 aliphatic heterocycles. The molecule has 0 bridgehead atoms. The third-order valence-electron chi connectivity index (χ3n) is 4.85. The lowest BCUT2D eigenvalue weighted by molar-refractivity contribution is -0.116. The third kappa shape index (κ3) is 4.48. The fourth-order valence-electron chi connectivity index (χ4n) is 3.43. The molecule has 1 fully saturated rings. The zero-order chi connectivity index (χ0) is 20.1. The number of anilines is 2. The van der Waals surface area contributed by atoms with Gasteiger partial charge in [0.25, 0.3) is 0 Å². The molecule has 3 amide bonds. The maximum atomic E-state index is 12.3. The molecule has 1 heterocycles. The zero-order valence-corrected chi connectivity index (χ0v) is 16.1. The smallest absolute Gasteiger partial charge is 0.321 e. The van der Waals surface area contributed by atoms with Gasteiger partial charge in [0.1, 0.15) is 5.75 Å². The van der Waals surface area contributed by atoms with Gasteiger partial charge in [0.2, 0.25) is 5.91 Å². The first-order valence-electron chi connectivity index (χ1n) is 9.76. The van der Waals surface area contributed by atoms with Crippen molar-refractivity contribution in [3.05, 3.63) is 66.7 Å². The molecule has 3 aromatic rings. The first-order valence-corrected chi connectivity index (χ1v) is 9.76. The number of fused-ring (bicyclic) bond motifs is 1. The van der Waals surface area contributed by atoms with Crippen LogP contribution >= 0.6 is 0 Å². The maximum absolute atomic E-state index is 12.3. The molecule has 29 heavy (non-hydrogen) atoms. The van der Waals surface area contributed by atoms with E-state index in [2.05, 4.69) is 22.8 Å². The van der Waals surface area contributed by atoms with Crippen molar-refractivity contribution in [1.29, 1.82) is 0 Å². The number of nitrogens with zero attached hydrogens (tertiary/aromatic N) is 1. The van der Waals surface area contributed by atoms with Crippen molar-refractivity contribution in [2.45, 2.75) is 12.8 Å². The molecular weight excluding hydrogens is 366 g/mol. The van der Waals surface area contributed by atoms with Gasteiger partial charge in [0.05, 0.1) is 6.61 Å². The predicted molar refractivity (Wildman–Crippen MR) is 114 cm³/mol. The standard InChI is InChI=1S/C23H23N3O3/c27-22(25-18-8-4-9-19(16-18)26-14-13-24-23(26)28)12-5-15-29-21-11-3-7-17-6-1-2-10-20(17)21/h1-4,6-11,16H,5,12-15H2,(H,24,28)(H,25,27). The Morgan fingerprint density at radius 3 is 2.76 bits per heavy atom. The number of hydrogen-bond donors (Lipinski definition) is 2. The van der Waals surface area contributed by atoms with Gasteiger partial charge < -0.3 is 15.4 Å². The molecule has 6 nitrogen and oxygen atoms in total. The SMILES string of the molecule is O=C(CCCOc1cccc2ccccc12)Nc1cccc(N2CCNC2=O)c1. The van der Waals surface area contributed by atoms with E-state index in [9.17, 15) is 9.59 Å². The van der Waals surface area contributed by atoms with Gasteiger partial charge >= 0.3 is 6.03 Å². The summed E-state index contributed by atoms with van der Waals surface area (Å²) >= 11 is 0. The second kappa shape index (κ2) is 8.65. The minimum Gasteiger partial charge on any atom is -0.493 e. The summed E-state index contributed by atoms with van der Waals surface area (Å²) in [6.07, 6.45) is 0.975. The lowest BCUT2D eigenvalue weighted by Gasteiger charge is -2.15. The molecule has 0 aromatic heterocycles. The Balaban J connectivity index is 1.28. The monoisotopic (exact) mass is 389 g/mol. The van der Waals surface area contributed by atoms with Crippen molar-refractivity contribution in [2.24, 2.45) is 0 Å². The average molecular weight is 389 g/mol. The summed E-state index contributed by atoms with van der Waals surface area (Å²) in [6, 6.07) is 21.3. The highest BCUT2D eigenvalue weighted by Crippen LogP contribution is 2.25. The van der Waals surface area contributed by atoms with Crippen LogP contribution in [0.15, 0.2) is 66.7 Å². The van der Waals surface area contributed by atoms with E-state index < -0.39 is 0 Å². The van der Waals surface area contributed by atoms with Crippen molar-refractivity contribution in [1.82, 2.24) is 5.32 Å². The highest BCUT2D eigenvalue weighted by molar-refractivity contribution is 5.96. The minimum atomic E-state index is -0.112. The molecule has 0 unspecified atom stereocenters. The molecule has 0 radical (unpaired) electrons. The second-order valence-corrected chi connectivity index (χ2v) is 6.91. The normalized spacial score (nSPS) is 13.4. The van der Waals surface area contributed by atoms with Crippen LogP contribution in [-0.4, -0.2) is 31.6 Å². The van der Waals surface area contributed by atoms with Gasteiger partial charge in [-0.15, -0.1) is 0 Å². The lowest BCUT2D eigenvalue weighted by atomic mass is 10.1. The summed E-state index contributed by atoms with van der Waals surface area (Å²) < 4.78 is 5.89. The second-order valence-electron chi connectivity index (χ2n) is 6.91. The van der Waals surface area contributed by atoms with Crippen LogP contribution in [-0.2, 0) is 4.79 Å². The quantitative estimate of drug-likeness (QED) is 0.596. The van der Waals surface area contributed by atoms with E-state index >= 15 is 0 Å². The van der Waals surface area contributed by atoms with Crippen LogP contribution in [0.25, 0.3) is 10.8 Å². The van der Waals surface area contributed by atoms with Gasteiger partial charge in [0, 0.05) is 36.3 Å². The average Bonchev–Trinajstić information content (AvgIpc) is 3.17. The van der Waals surface area contributed by atoms with Crippen LogP contribution in [0.3, 0.4) is 0 Å².